The van der Waals surface area contributed by atoms with Crippen molar-refractivity contribution >= 4 is 0 Å². The van der Waals surface area contributed by atoms with Crippen LogP contribution in [0.3, 0.4) is 0 Å². The zero-order valence-corrected chi connectivity index (χ0v) is 18.1. The number of aliphatic hydroxyl groups is 1. The van der Waals surface area contributed by atoms with Crippen LogP contribution >= 0.6 is 0 Å². The Labute approximate surface area is 168 Å². The van der Waals surface area contributed by atoms with E-state index >= 15 is 0 Å². The van der Waals surface area contributed by atoms with Gasteiger partial charge in [0.05, 0.1) is 0 Å². The number of allylic oxidation sites excluding steroid dienone is 6. The van der Waals surface area contributed by atoms with Gasteiger partial charge in [0.25, 0.3) is 0 Å². The molecule has 152 valence electrons. The quantitative estimate of drug-likeness (QED) is 0.308. The third-order valence-electron chi connectivity index (χ3n) is 4.47. The summed E-state index contributed by atoms with van der Waals surface area (Å²) >= 11 is 0. The number of aliphatic hydroxyl groups excluding tert-OH is 1. The molecular weight excluding hydrogens is 330 g/mol. The van der Waals surface area contributed by atoms with Crippen molar-refractivity contribution in [2.45, 2.75) is 59.8 Å². The Morgan fingerprint density at radius 3 is 2.67 bits per heavy atom. The van der Waals surface area contributed by atoms with Gasteiger partial charge < -0.3 is 5.11 Å². The predicted octanol–water partition coefficient (Wildman–Crippen LogP) is 7.16. The fourth-order valence-corrected chi connectivity index (χ4v) is 3.18. The monoisotopic (exact) mass is 371 g/mol. The van der Waals surface area contributed by atoms with Gasteiger partial charge in [-0.15, -0.1) is 13.2 Å². The SMILES string of the molecule is C/C=C\C(=C/C(C)CCC)CN(CCCC)CC1=CCC=CC=C1O.C=C. The Morgan fingerprint density at radius 1 is 1.30 bits per heavy atom. The van der Waals surface area contributed by atoms with Crippen molar-refractivity contribution in [3.63, 3.8) is 0 Å². The van der Waals surface area contributed by atoms with E-state index in [0.29, 0.717) is 11.7 Å². The lowest BCUT2D eigenvalue weighted by Gasteiger charge is -2.24. The van der Waals surface area contributed by atoms with Gasteiger partial charge in [0.15, 0.2) is 0 Å². The van der Waals surface area contributed by atoms with Crippen molar-refractivity contribution in [3.05, 3.63) is 72.6 Å². The molecule has 1 N–H and O–H groups in total. The summed E-state index contributed by atoms with van der Waals surface area (Å²) in [6.07, 6.45) is 20.5. The molecule has 0 saturated heterocycles. The number of unbranched alkanes of at least 4 members (excludes halogenated alkanes) is 1. The maximum atomic E-state index is 10.3. The zero-order valence-electron chi connectivity index (χ0n) is 18.1. The number of hydrogen-bond donors (Lipinski definition) is 1. The highest BCUT2D eigenvalue weighted by Gasteiger charge is 2.13. The van der Waals surface area contributed by atoms with E-state index in [1.54, 1.807) is 0 Å². The van der Waals surface area contributed by atoms with Gasteiger partial charge in [-0.1, -0.05) is 70.1 Å². The highest BCUT2D eigenvalue weighted by atomic mass is 16.3. The van der Waals surface area contributed by atoms with Gasteiger partial charge >= 0.3 is 0 Å². The van der Waals surface area contributed by atoms with Gasteiger partial charge in [0, 0.05) is 18.7 Å². The van der Waals surface area contributed by atoms with Crippen LogP contribution in [0.1, 0.15) is 59.8 Å². The van der Waals surface area contributed by atoms with E-state index in [1.807, 2.05) is 12.2 Å². The van der Waals surface area contributed by atoms with Gasteiger partial charge in [-0.3, -0.25) is 4.90 Å². The van der Waals surface area contributed by atoms with E-state index in [2.05, 4.69) is 76.1 Å². The normalized spacial score (nSPS) is 15.8. The lowest BCUT2D eigenvalue weighted by atomic mass is 10.0. The molecule has 0 radical (unpaired) electrons. The highest BCUT2D eigenvalue weighted by Crippen LogP contribution is 2.17. The van der Waals surface area contributed by atoms with Crippen LogP contribution < -0.4 is 0 Å². The van der Waals surface area contributed by atoms with Crippen LogP contribution in [0.15, 0.2) is 72.6 Å². The molecule has 0 amide bonds. The van der Waals surface area contributed by atoms with E-state index in [1.165, 1.54) is 31.3 Å². The molecule has 2 nitrogen and oxygen atoms in total. The van der Waals surface area contributed by atoms with Gasteiger partial charge in [0.1, 0.15) is 5.76 Å². The molecule has 0 bridgehead atoms. The minimum atomic E-state index is 0.408. The van der Waals surface area contributed by atoms with Gasteiger partial charge in [-0.2, -0.15) is 0 Å². The predicted molar refractivity (Wildman–Crippen MR) is 122 cm³/mol. The van der Waals surface area contributed by atoms with Crippen molar-refractivity contribution in [3.8, 4) is 0 Å². The molecule has 1 aliphatic carbocycles. The van der Waals surface area contributed by atoms with Crippen molar-refractivity contribution in [2.75, 3.05) is 19.6 Å². The third kappa shape index (κ3) is 11.5. The van der Waals surface area contributed by atoms with Crippen LogP contribution in [-0.2, 0) is 0 Å². The molecule has 0 aromatic rings. The van der Waals surface area contributed by atoms with E-state index in [0.717, 1.165) is 31.6 Å². The lowest BCUT2D eigenvalue weighted by molar-refractivity contribution is 0.306. The summed E-state index contributed by atoms with van der Waals surface area (Å²) in [4.78, 5) is 2.47. The summed E-state index contributed by atoms with van der Waals surface area (Å²) in [6.45, 7) is 17.7. The van der Waals surface area contributed by atoms with E-state index in [4.69, 9.17) is 0 Å². The number of hydrogen-bond acceptors (Lipinski definition) is 2. The number of nitrogens with zero attached hydrogens (tertiary/aromatic N) is 1. The smallest absolute Gasteiger partial charge is 0.119 e. The van der Waals surface area contributed by atoms with Gasteiger partial charge in [-0.25, -0.2) is 0 Å². The van der Waals surface area contributed by atoms with Crippen molar-refractivity contribution in [1.29, 1.82) is 0 Å². The molecule has 0 heterocycles. The standard InChI is InChI=1S/C23H37NO.C2H4/c1-5-8-16-24(19-22-14-10-9-11-15-23(22)25)18-21(13-7-3)17-20(4)12-6-2;1-2/h7,9,11,13-15,17,20,25H,5-6,8,10,12,16,18-19H2,1-4H3;1-2H2/b13-7-,21-17+;. The average Bonchev–Trinajstić information content (AvgIpc) is 2.86. The first-order chi connectivity index (χ1) is 13.1. The molecule has 0 saturated carbocycles. The molecule has 1 unspecified atom stereocenters. The van der Waals surface area contributed by atoms with Gasteiger partial charge in [-0.05, 0) is 50.3 Å². The molecule has 1 atom stereocenters. The maximum Gasteiger partial charge on any atom is 0.119 e. The average molecular weight is 372 g/mol. The van der Waals surface area contributed by atoms with E-state index < -0.39 is 0 Å². The second kappa shape index (κ2) is 16.4. The number of rotatable bonds is 11. The van der Waals surface area contributed by atoms with Crippen molar-refractivity contribution in [1.82, 2.24) is 4.90 Å². The molecule has 0 spiro atoms. The molecule has 0 fully saturated rings. The fraction of sp³-hybridized carbons (Fsp3) is 0.520. The first kappa shape index (κ1) is 25.2. The Bertz CT molecular complexity index is 537. The Kier molecular flexibility index (Phi) is 15.3. The Morgan fingerprint density at radius 2 is 2.04 bits per heavy atom. The second-order valence-electron chi connectivity index (χ2n) is 7.02. The summed E-state index contributed by atoms with van der Waals surface area (Å²) in [7, 11) is 0. The van der Waals surface area contributed by atoms with Crippen LogP contribution in [0.25, 0.3) is 0 Å². The van der Waals surface area contributed by atoms with Crippen LogP contribution in [0, 0.1) is 5.92 Å². The van der Waals surface area contributed by atoms with E-state index in [-0.39, 0.29) is 0 Å². The van der Waals surface area contributed by atoms with Crippen LogP contribution in [0.2, 0.25) is 0 Å². The van der Waals surface area contributed by atoms with Crippen LogP contribution in [0.4, 0.5) is 0 Å². The molecular formula is C25H41NO. The Balaban J connectivity index is 0.00000326. The molecule has 0 aromatic heterocycles. The molecule has 1 rings (SSSR count). The summed E-state index contributed by atoms with van der Waals surface area (Å²) in [6, 6.07) is 0. The highest BCUT2D eigenvalue weighted by molar-refractivity contribution is 5.33. The maximum absolute atomic E-state index is 10.3. The second-order valence-corrected chi connectivity index (χ2v) is 7.02. The van der Waals surface area contributed by atoms with Crippen molar-refractivity contribution < 1.29 is 5.11 Å². The van der Waals surface area contributed by atoms with Gasteiger partial charge in [0.2, 0.25) is 0 Å². The minimum Gasteiger partial charge on any atom is -0.508 e. The summed E-state index contributed by atoms with van der Waals surface area (Å²) in [5.41, 5.74) is 2.43. The molecule has 0 aromatic carbocycles. The van der Waals surface area contributed by atoms with Crippen LogP contribution in [-0.4, -0.2) is 29.6 Å². The molecule has 27 heavy (non-hydrogen) atoms. The topological polar surface area (TPSA) is 23.5 Å². The first-order valence-corrected chi connectivity index (χ1v) is 10.4. The molecule has 0 aliphatic heterocycles. The summed E-state index contributed by atoms with van der Waals surface area (Å²) in [5, 5.41) is 10.3. The van der Waals surface area contributed by atoms with Crippen LogP contribution in [0.5, 0.6) is 0 Å². The minimum absolute atomic E-state index is 0.408. The third-order valence-corrected chi connectivity index (χ3v) is 4.47. The zero-order chi connectivity index (χ0) is 20.5. The molecule has 1 aliphatic rings. The first-order valence-electron chi connectivity index (χ1n) is 10.4. The van der Waals surface area contributed by atoms with Crippen molar-refractivity contribution in [2.24, 2.45) is 5.92 Å². The molecule has 2 heteroatoms. The Hall–Kier alpha value is -1.80. The lowest BCUT2D eigenvalue weighted by Crippen LogP contribution is -2.29. The largest absolute Gasteiger partial charge is 0.508 e. The van der Waals surface area contributed by atoms with E-state index in [9.17, 15) is 5.11 Å². The summed E-state index contributed by atoms with van der Waals surface area (Å²) in [5.74, 6) is 1.02. The summed E-state index contributed by atoms with van der Waals surface area (Å²) < 4.78 is 0. The fourth-order valence-electron chi connectivity index (χ4n) is 3.18.